The molecule has 6 nitrogen and oxygen atoms in total. The van der Waals surface area contributed by atoms with Crippen LogP contribution in [-0.2, 0) is 11.4 Å². The normalized spacial score (nSPS) is 10.8. The molecule has 1 amide bonds. The molecule has 4 aromatic carbocycles. The summed E-state index contributed by atoms with van der Waals surface area (Å²) >= 11 is 5.94. The Balaban J connectivity index is 1.27. The van der Waals surface area contributed by atoms with Crippen LogP contribution in [-0.4, -0.2) is 25.3 Å². The lowest BCUT2D eigenvalue weighted by Crippen LogP contribution is -2.24. The second kappa shape index (κ2) is 13.1. The van der Waals surface area contributed by atoms with Gasteiger partial charge in [-0.1, -0.05) is 66.2 Å². The van der Waals surface area contributed by atoms with E-state index in [-0.39, 0.29) is 12.5 Å². The maximum atomic E-state index is 12.2. The Morgan fingerprint density at radius 2 is 1.57 bits per heavy atom. The molecule has 0 aliphatic rings. The molecule has 0 radical (unpaired) electrons. The molecule has 4 rings (SSSR count). The number of ether oxygens (including phenoxy) is 3. The Labute approximate surface area is 221 Å². The summed E-state index contributed by atoms with van der Waals surface area (Å²) in [5, 5.41) is 4.71. The molecule has 0 saturated carbocycles. The standard InChI is InChI=1S/C30H27ClN2O4/c1-2-35-29-18-23(10-17-28(29)37-20-22-8-13-26(31)14-9-22)19-32-33-30(34)21-36-27-15-11-25(12-16-27)24-6-4-3-5-7-24/h3-19H,2,20-21H2,1H3,(H,33,34)/b32-19+. The third-order valence-corrected chi connectivity index (χ3v) is 5.56. The molecular formula is C30H27ClN2O4. The van der Waals surface area contributed by atoms with Crippen molar-refractivity contribution in [3.8, 4) is 28.4 Å². The SMILES string of the molecule is CCOc1cc(/C=N/NC(=O)COc2ccc(-c3ccccc3)cc2)ccc1OCc1ccc(Cl)cc1. The van der Waals surface area contributed by atoms with Gasteiger partial charge in [0.25, 0.3) is 5.91 Å². The van der Waals surface area contributed by atoms with E-state index in [0.717, 1.165) is 22.3 Å². The van der Waals surface area contributed by atoms with Gasteiger partial charge in [-0.2, -0.15) is 5.10 Å². The van der Waals surface area contributed by atoms with Gasteiger partial charge in [0.05, 0.1) is 12.8 Å². The maximum absolute atomic E-state index is 12.2. The van der Waals surface area contributed by atoms with Crippen molar-refractivity contribution in [3.05, 3.63) is 113 Å². The van der Waals surface area contributed by atoms with Gasteiger partial charge >= 0.3 is 0 Å². The zero-order valence-electron chi connectivity index (χ0n) is 20.4. The first-order valence-electron chi connectivity index (χ1n) is 11.8. The fraction of sp³-hybridized carbons (Fsp3) is 0.133. The third-order valence-electron chi connectivity index (χ3n) is 5.31. The van der Waals surface area contributed by atoms with Crippen molar-refractivity contribution in [2.24, 2.45) is 5.10 Å². The number of amides is 1. The third kappa shape index (κ3) is 7.85. The van der Waals surface area contributed by atoms with E-state index in [1.54, 1.807) is 6.07 Å². The van der Waals surface area contributed by atoms with Crippen LogP contribution in [0.5, 0.6) is 17.2 Å². The molecule has 7 heteroatoms. The second-order valence-electron chi connectivity index (χ2n) is 8.03. The molecule has 37 heavy (non-hydrogen) atoms. The summed E-state index contributed by atoms with van der Waals surface area (Å²) in [5.41, 5.74) is 6.42. The number of carbonyl (C=O) groups excluding carboxylic acids is 1. The average Bonchev–Trinajstić information content (AvgIpc) is 2.93. The summed E-state index contributed by atoms with van der Waals surface area (Å²) < 4.78 is 17.2. The van der Waals surface area contributed by atoms with Gasteiger partial charge in [-0.25, -0.2) is 5.43 Å². The molecule has 0 saturated heterocycles. The molecule has 0 heterocycles. The van der Waals surface area contributed by atoms with Gasteiger partial charge < -0.3 is 14.2 Å². The average molecular weight is 515 g/mol. The van der Waals surface area contributed by atoms with Crippen LogP contribution in [0.2, 0.25) is 5.02 Å². The van der Waals surface area contributed by atoms with E-state index in [0.29, 0.717) is 35.5 Å². The lowest BCUT2D eigenvalue weighted by Gasteiger charge is -2.12. The summed E-state index contributed by atoms with van der Waals surface area (Å²) in [7, 11) is 0. The molecule has 0 atom stereocenters. The van der Waals surface area contributed by atoms with E-state index >= 15 is 0 Å². The van der Waals surface area contributed by atoms with Crippen molar-refractivity contribution >= 4 is 23.7 Å². The zero-order chi connectivity index (χ0) is 25.9. The van der Waals surface area contributed by atoms with E-state index in [2.05, 4.69) is 10.5 Å². The molecule has 0 aromatic heterocycles. The Hall–Kier alpha value is -4.29. The first-order chi connectivity index (χ1) is 18.1. The van der Waals surface area contributed by atoms with Crippen LogP contribution < -0.4 is 19.6 Å². The van der Waals surface area contributed by atoms with Crippen LogP contribution in [0, 0.1) is 0 Å². The Bertz CT molecular complexity index is 1320. The molecule has 0 aliphatic heterocycles. The summed E-state index contributed by atoms with van der Waals surface area (Å²) in [6, 6.07) is 30.6. The summed E-state index contributed by atoms with van der Waals surface area (Å²) in [4.78, 5) is 12.2. The number of nitrogens with one attached hydrogen (secondary N) is 1. The monoisotopic (exact) mass is 514 g/mol. The summed E-state index contributed by atoms with van der Waals surface area (Å²) in [5.74, 6) is 1.45. The van der Waals surface area contributed by atoms with E-state index in [4.69, 9.17) is 25.8 Å². The molecular weight excluding hydrogens is 488 g/mol. The number of hydrazone groups is 1. The van der Waals surface area contributed by atoms with E-state index in [1.165, 1.54) is 6.21 Å². The van der Waals surface area contributed by atoms with Crippen LogP contribution in [0.4, 0.5) is 0 Å². The number of hydrogen-bond donors (Lipinski definition) is 1. The predicted octanol–water partition coefficient (Wildman–Crippen LogP) is 6.51. The van der Waals surface area contributed by atoms with Crippen molar-refractivity contribution < 1.29 is 19.0 Å². The molecule has 188 valence electrons. The minimum atomic E-state index is -0.365. The molecule has 4 aromatic rings. The predicted molar refractivity (Wildman–Crippen MR) is 147 cm³/mol. The van der Waals surface area contributed by atoms with Crippen LogP contribution in [0.15, 0.2) is 102 Å². The molecule has 0 aliphatic carbocycles. The number of nitrogens with zero attached hydrogens (tertiary/aromatic N) is 1. The molecule has 1 N–H and O–H groups in total. The highest BCUT2D eigenvalue weighted by Crippen LogP contribution is 2.29. The lowest BCUT2D eigenvalue weighted by atomic mass is 10.1. The summed E-state index contributed by atoms with van der Waals surface area (Å²) in [6.07, 6.45) is 1.54. The first kappa shape index (κ1) is 25.8. The highest BCUT2D eigenvalue weighted by atomic mass is 35.5. The van der Waals surface area contributed by atoms with Crippen LogP contribution in [0.25, 0.3) is 11.1 Å². The van der Waals surface area contributed by atoms with E-state index in [9.17, 15) is 4.79 Å². The fourth-order valence-electron chi connectivity index (χ4n) is 3.47. The Morgan fingerprint density at radius 3 is 2.30 bits per heavy atom. The van der Waals surface area contributed by atoms with Gasteiger partial charge in [0.15, 0.2) is 18.1 Å². The maximum Gasteiger partial charge on any atom is 0.277 e. The Morgan fingerprint density at radius 1 is 0.838 bits per heavy atom. The largest absolute Gasteiger partial charge is 0.490 e. The number of carbonyl (C=O) groups is 1. The number of rotatable bonds is 11. The van der Waals surface area contributed by atoms with E-state index < -0.39 is 0 Å². The topological polar surface area (TPSA) is 69.2 Å². The second-order valence-corrected chi connectivity index (χ2v) is 8.46. The van der Waals surface area contributed by atoms with Crippen molar-refractivity contribution in [1.82, 2.24) is 5.43 Å². The van der Waals surface area contributed by atoms with Gasteiger partial charge in [0, 0.05) is 5.02 Å². The quantitative estimate of drug-likeness (QED) is 0.183. The molecule has 0 bridgehead atoms. The van der Waals surface area contributed by atoms with Crippen molar-refractivity contribution in [2.45, 2.75) is 13.5 Å². The van der Waals surface area contributed by atoms with E-state index in [1.807, 2.05) is 97.9 Å². The van der Waals surface area contributed by atoms with Gasteiger partial charge in [-0.15, -0.1) is 0 Å². The van der Waals surface area contributed by atoms with Crippen molar-refractivity contribution in [1.29, 1.82) is 0 Å². The van der Waals surface area contributed by atoms with Crippen molar-refractivity contribution in [2.75, 3.05) is 13.2 Å². The Kier molecular flexibility index (Phi) is 9.16. The van der Waals surface area contributed by atoms with Crippen LogP contribution in [0.1, 0.15) is 18.1 Å². The molecule has 0 fully saturated rings. The lowest BCUT2D eigenvalue weighted by molar-refractivity contribution is -0.123. The number of benzene rings is 4. The fourth-order valence-corrected chi connectivity index (χ4v) is 3.59. The molecule has 0 unspecified atom stereocenters. The minimum absolute atomic E-state index is 0.149. The highest BCUT2D eigenvalue weighted by molar-refractivity contribution is 6.30. The smallest absolute Gasteiger partial charge is 0.277 e. The van der Waals surface area contributed by atoms with Gasteiger partial charge in [-0.05, 0) is 71.6 Å². The van der Waals surface area contributed by atoms with Gasteiger partial charge in [0.2, 0.25) is 0 Å². The first-order valence-corrected chi connectivity index (χ1v) is 12.2. The highest BCUT2D eigenvalue weighted by Gasteiger charge is 2.07. The van der Waals surface area contributed by atoms with Gasteiger partial charge in [0.1, 0.15) is 12.4 Å². The zero-order valence-corrected chi connectivity index (χ0v) is 21.2. The summed E-state index contributed by atoms with van der Waals surface area (Å²) in [6.45, 7) is 2.62. The number of hydrogen-bond acceptors (Lipinski definition) is 5. The molecule has 0 spiro atoms. The van der Waals surface area contributed by atoms with Crippen LogP contribution in [0.3, 0.4) is 0 Å². The minimum Gasteiger partial charge on any atom is -0.490 e. The van der Waals surface area contributed by atoms with Crippen LogP contribution >= 0.6 is 11.6 Å². The van der Waals surface area contributed by atoms with Crippen molar-refractivity contribution in [3.63, 3.8) is 0 Å². The number of halogens is 1. The van der Waals surface area contributed by atoms with Gasteiger partial charge in [-0.3, -0.25) is 4.79 Å².